The van der Waals surface area contributed by atoms with Crippen molar-refractivity contribution >= 4 is 34.3 Å². The molecule has 0 aliphatic carbocycles. The summed E-state index contributed by atoms with van der Waals surface area (Å²) in [6.07, 6.45) is 3.66. The number of fused-ring (bicyclic) bond motifs is 2. The molecule has 0 bridgehead atoms. The number of hydrogen-bond acceptors (Lipinski definition) is 6. The van der Waals surface area contributed by atoms with Crippen molar-refractivity contribution < 1.29 is 9.59 Å². The maximum Gasteiger partial charge on any atom is 0.284 e. The number of carbonyl (C=O) groups excluding carboxylic acids is 2. The minimum Gasteiger partial charge on any atom is -0.324 e. The third-order valence-corrected chi connectivity index (χ3v) is 7.38. The summed E-state index contributed by atoms with van der Waals surface area (Å²) in [6, 6.07) is 20.7. The number of aromatic nitrogens is 4. The van der Waals surface area contributed by atoms with Crippen molar-refractivity contribution in [3.63, 3.8) is 0 Å². The second-order valence-corrected chi connectivity index (χ2v) is 10.2. The number of hydrogen-bond donors (Lipinski definition) is 0. The fourth-order valence-electron chi connectivity index (χ4n) is 5.20. The molecule has 0 saturated heterocycles. The molecule has 3 aromatic heterocycles. The number of pyridine rings is 2. The third-order valence-electron chi connectivity index (χ3n) is 7.15. The lowest BCUT2D eigenvalue weighted by molar-refractivity contribution is -0.122. The van der Waals surface area contributed by atoms with Crippen LogP contribution in [-0.2, 0) is 24.2 Å². The van der Waals surface area contributed by atoms with Gasteiger partial charge in [-0.2, -0.15) is 0 Å². The zero-order chi connectivity index (χ0) is 27.8. The summed E-state index contributed by atoms with van der Waals surface area (Å²) >= 11 is 6.20. The van der Waals surface area contributed by atoms with Crippen molar-refractivity contribution in [1.29, 1.82) is 0 Å². The number of carbonyl (C=O) groups is 2. The minimum absolute atomic E-state index is 0.0754. The molecule has 0 saturated carbocycles. The van der Waals surface area contributed by atoms with Crippen LogP contribution in [0.2, 0.25) is 5.02 Å². The lowest BCUT2D eigenvalue weighted by atomic mass is 9.99. The molecule has 0 N–H and O–H groups in total. The topological polar surface area (TPSA) is 98.0 Å². The Kier molecular flexibility index (Phi) is 6.69. The number of halogens is 1. The molecule has 1 amide bonds. The van der Waals surface area contributed by atoms with E-state index in [1.165, 1.54) is 4.57 Å². The zero-order valence-electron chi connectivity index (χ0n) is 21.6. The standard InChI is InChI=1S/C31H24ClN5O3/c1-19-35-26-6-4-14-34-29(26)31(40)37(19)24-10-7-20(8-11-24)18-36-27(17-23-5-2-3-13-33-23)28(38)16-21-15-22(32)9-12-25(21)30(36)39/h2-15,27H,16-18H2,1H3/t27-/m1/s1. The summed E-state index contributed by atoms with van der Waals surface area (Å²) < 4.78 is 1.52. The highest BCUT2D eigenvalue weighted by Gasteiger charge is 2.35. The van der Waals surface area contributed by atoms with Crippen LogP contribution in [-0.4, -0.2) is 42.2 Å². The molecule has 9 heteroatoms. The van der Waals surface area contributed by atoms with Gasteiger partial charge in [0.2, 0.25) is 0 Å². The lowest BCUT2D eigenvalue weighted by Crippen LogP contribution is -2.44. The van der Waals surface area contributed by atoms with Crippen LogP contribution in [0.3, 0.4) is 0 Å². The Labute approximate surface area is 234 Å². The van der Waals surface area contributed by atoms with Crippen LogP contribution in [0.25, 0.3) is 16.7 Å². The summed E-state index contributed by atoms with van der Waals surface area (Å²) in [7, 11) is 0. The molecule has 6 rings (SSSR count). The molecular formula is C31H24ClN5O3. The Hall–Kier alpha value is -4.69. The van der Waals surface area contributed by atoms with Crippen molar-refractivity contribution in [2.24, 2.45) is 0 Å². The van der Waals surface area contributed by atoms with Gasteiger partial charge in [0.15, 0.2) is 11.3 Å². The maximum absolute atomic E-state index is 13.9. The maximum atomic E-state index is 13.9. The van der Waals surface area contributed by atoms with Crippen LogP contribution >= 0.6 is 11.6 Å². The Bertz CT molecular complexity index is 1820. The summed E-state index contributed by atoms with van der Waals surface area (Å²) in [5.41, 5.74) is 3.85. The van der Waals surface area contributed by atoms with Crippen LogP contribution in [0.5, 0.6) is 0 Å². The van der Waals surface area contributed by atoms with Crippen LogP contribution in [0, 0.1) is 6.92 Å². The highest BCUT2D eigenvalue weighted by atomic mass is 35.5. The molecule has 0 radical (unpaired) electrons. The van der Waals surface area contributed by atoms with Gasteiger partial charge in [-0.05, 0) is 72.6 Å². The summed E-state index contributed by atoms with van der Waals surface area (Å²) in [4.78, 5) is 55.3. The predicted molar refractivity (Wildman–Crippen MR) is 152 cm³/mol. The third kappa shape index (κ3) is 4.78. The predicted octanol–water partition coefficient (Wildman–Crippen LogP) is 4.52. The highest BCUT2D eigenvalue weighted by molar-refractivity contribution is 6.30. The molecule has 198 valence electrons. The van der Waals surface area contributed by atoms with Crippen LogP contribution in [0.1, 0.15) is 33.0 Å². The first-order valence-electron chi connectivity index (χ1n) is 12.8. The van der Waals surface area contributed by atoms with Gasteiger partial charge in [-0.25, -0.2) is 9.97 Å². The van der Waals surface area contributed by atoms with E-state index >= 15 is 0 Å². The molecule has 2 aromatic carbocycles. The van der Waals surface area contributed by atoms with Gasteiger partial charge in [-0.1, -0.05) is 29.8 Å². The molecule has 1 atom stereocenters. The van der Waals surface area contributed by atoms with Gasteiger partial charge in [-0.3, -0.25) is 23.9 Å². The van der Waals surface area contributed by atoms with Crippen molar-refractivity contribution in [3.05, 3.63) is 129 Å². The van der Waals surface area contributed by atoms with Gasteiger partial charge >= 0.3 is 0 Å². The van der Waals surface area contributed by atoms with E-state index in [1.54, 1.807) is 54.5 Å². The number of rotatable bonds is 5. The smallest absolute Gasteiger partial charge is 0.284 e. The van der Waals surface area contributed by atoms with Gasteiger partial charge in [0.1, 0.15) is 5.82 Å². The van der Waals surface area contributed by atoms with E-state index in [0.717, 1.165) is 11.3 Å². The summed E-state index contributed by atoms with van der Waals surface area (Å²) in [5, 5.41) is 0.480. The lowest BCUT2D eigenvalue weighted by Gasteiger charge is -2.29. The van der Waals surface area contributed by atoms with Gasteiger partial charge in [0.05, 0.1) is 17.2 Å². The van der Waals surface area contributed by atoms with E-state index < -0.39 is 6.04 Å². The first-order valence-corrected chi connectivity index (χ1v) is 13.2. The van der Waals surface area contributed by atoms with Crippen LogP contribution in [0.4, 0.5) is 0 Å². The number of benzene rings is 2. The SMILES string of the molecule is Cc1nc2cccnc2c(=O)n1-c1ccc(CN2C(=O)c3ccc(Cl)cc3CC(=O)[C@H]2Cc2ccccn2)cc1. The average Bonchev–Trinajstić information content (AvgIpc) is 3.04. The van der Waals surface area contributed by atoms with E-state index in [0.29, 0.717) is 45.1 Å². The van der Waals surface area contributed by atoms with Crippen LogP contribution < -0.4 is 5.56 Å². The quantitative estimate of drug-likeness (QED) is 0.320. The number of aryl methyl sites for hydroxylation is 1. The molecule has 0 fully saturated rings. The van der Waals surface area contributed by atoms with Gasteiger partial charge in [0, 0.05) is 48.1 Å². The fraction of sp³-hybridized carbons (Fsp3) is 0.161. The van der Waals surface area contributed by atoms with Crippen LogP contribution in [0.15, 0.2) is 90.0 Å². The van der Waals surface area contributed by atoms with E-state index in [1.807, 2.05) is 42.5 Å². The first kappa shape index (κ1) is 25.6. The number of Topliss-reactive ketones (excluding diaryl/α,β-unsaturated/α-hetero) is 1. The second-order valence-electron chi connectivity index (χ2n) is 9.76. The molecule has 0 spiro atoms. The van der Waals surface area contributed by atoms with Crippen molar-refractivity contribution in [3.8, 4) is 5.69 Å². The first-order chi connectivity index (χ1) is 19.4. The molecule has 40 heavy (non-hydrogen) atoms. The molecule has 1 aliphatic heterocycles. The van der Waals surface area contributed by atoms with E-state index in [4.69, 9.17) is 11.6 Å². The average molecular weight is 550 g/mol. The molecule has 5 aromatic rings. The molecule has 4 heterocycles. The Morgan fingerprint density at radius 3 is 2.50 bits per heavy atom. The zero-order valence-corrected chi connectivity index (χ0v) is 22.4. The summed E-state index contributed by atoms with van der Waals surface area (Å²) in [6.45, 7) is 1.98. The van der Waals surface area contributed by atoms with Crippen molar-refractivity contribution in [2.75, 3.05) is 0 Å². The van der Waals surface area contributed by atoms with Crippen molar-refractivity contribution in [1.82, 2.24) is 24.4 Å². The monoisotopic (exact) mass is 549 g/mol. The molecule has 8 nitrogen and oxygen atoms in total. The Morgan fingerprint density at radius 2 is 1.73 bits per heavy atom. The fourth-order valence-corrected chi connectivity index (χ4v) is 5.39. The Balaban J connectivity index is 1.36. The highest BCUT2D eigenvalue weighted by Crippen LogP contribution is 2.27. The molecule has 1 aliphatic rings. The van der Waals surface area contributed by atoms with Crippen molar-refractivity contribution in [2.45, 2.75) is 32.4 Å². The normalized spacial score (nSPS) is 15.2. The largest absolute Gasteiger partial charge is 0.324 e. The number of nitrogens with zero attached hydrogens (tertiary/aromatic N) is 5. The summed E-state index contributed by atoms with van der Waals surface area (Å²) in [5.74, 6) is 0.227. The molecular weight excluding hydrogens is 526 g/mol. The van der Waals surface area contributed by atoms with Gasteiger partial charge in [-0.15, -0.1) is 0 Å². The number of amides is 1. The van der Waals surface area contributed by atoms with Gasteiger partial charge < -0.3 is 4.90 Å². The number of ketones is 1. The Morgan fingerprint density at radius 1 is 0.925 bits per heavy atom. The minimum atomic E-state index is -0.700. The van der Waals surface area contributed by atoms with E-state index in [2.05, 4.69) is 15.0 Å². The van der Waals surface area contributed by atoms with E-state index in [-0.39, 0.29) is 30.2 Å². The van der Waals surface area contributed by atoms with Gasteiger partial charge in [0.25, 0.3) is 11.5 Å². The second kappa shape index (κ2) is 10.5. The molecule has 0 unspecified atom stereocenters. The van der Waals surface area contributed by atoms with E-state index in [9.17, 15) is 14.4 Å².